The molecule has 106 valence electrons. The summed E-state index contributed by atoms with van der Waals surface area (Å²) in [5.74, 6) is 2.42. The van der Waals surface area contributed by atoms with Gasteiger partial charge in [0.2, 0.25) is 0 Å². The Hall–Kier alpha value is -1.39. The van der Waals surface area contributed by atoms with E-state index in [9.17, 15) is 0 Å². The lowest BCUT2D eigenvalue weighted by molar-refractivity contribution is 0.501. The molecule has 0 amide bonds. The van der Waals surface area contributed by atoms with E-state index in [0.717, 1.165) is 23.4 Å². The van der Waals surface area contributed by atoms with Gasteiger partial charge in [0.05, 0.1) is 0 Å². The minimum Gasteiger partial charge on any atom is -0.0848 e. The van der Waals surface area contributed by atoms with Gasteiger partial charge in [-0.3, -0.25) is 0 Å². The molecule has 0 aliphatic heterocycles. The maximum atomic E-state index is 2.50. The highest BCUT2D eigenvalue weighted by Gasteiger charge is 2.46. The van der Waals surface area contributed by atoms with E-state index in [2.05, 4.69) is 79.7 Å². The van der Waals surface area contributed by atoms with Crippen molar-refractivity contribution in [1.82, 2.24) is 0 Å². The van der Waals surface area contributed by atoms with Gasteiger partial charge in [0.1, 0.15) is 0 Å². The monoisotopic (exact) mass is 292 g/mol. The first kappa shape index (κ1) is 13.3. The van der Waals surface area contributed by atoms with Crippen LogP contribution in [0.4, 0.5) is 0 Å². The summed E-state index contributed by atoms with van der Waals surface area (Å²) < 4.78 is 0. The molecule has 2 aliphatic carbocycles. The molecule has 4 atom stereocenters. The first-order valence-electron chi connectivity index (χ1n) is 7.92. The van der Waals surface area contributed by atoms with E-state index in [1.54, 1.807) is 0 Å². The van der Waals surface area contributed by atoms with Gasteiger partial charge < -0.3 is 0 Å². The van der Waals surface area contributed by atoms with Gasteiger partial charge >= 0.3 is 0 Å². The molecule has 1 saturated carbocycles. The molecule has 2 unspecified atom stereocenters. The van der Waals surface area contributed by atoms with Crippen LogP contribution < -0.4 is 10.6 Å². The zero-order valence-corrected chi connectivity index (χ0v) is 13.3. The number of fused-ring (bicyclic) bond motifs is 2. The van der Waals surface area contributed by atoms with Gasteiger partial charge in [0.15, 0.2) is 0 Å². The Morgan fingerprint density at radius 2 is 1.29 bits per heavy atom. The van der Waals surface area contributed by atoms with E-state index in [1.165, 1.54) is 17.0 Å². The second kappa shape index (κ2) is 5.43. The zero-order chi connectivity index (χ0) is 14.2. The Morgan fingerprint density at radius 1 is 0.762 bits per heavy atom. The first-order valence-corrected chi connectivity index (χ1v) is 9.33. The van der Waals surface area contributed by atoms with Gasteiger partial charge in [-0.2, -0.15) is 0 Å². The highest BCUT2D eigenvalue weighted by molar-refractivity contribution is 7.73. The van der Waals surface area contributed by atoms with Crippen LogP contribution in [0.5, 0.6) is 0 Å². The standard InChI is InChI=1S/C20H21P/c1-15-16-12-13-17(14-16)20(15)21(18-8-4-2-5-9-18)19-10-6-3-7-11-19/h2-13,15-17,20H,14H2,1H3/t15-,16?,17?,20+/m1/s1. The first-order chi connectivity index (χ1) is 10.3. The highest BCUT2D eigenvalue weighted by atomic mass is 31.1. The van der Waals surface area contributed by atoms with Gasteiger partial charge in [-0.05, 0) is 48.4 Å². The molecule has 0 nitrogen and oxygen atoms in total. The molecule has 0 heterocycles. The van der Waals surface area contributed by atoms with Crippen LogP contribution in [0.3, 0.4) is 0 Å². The average molecular weight is 292 g/mol. The molecule has 0 saturated heterocycles. The molecule has 2 bridgehead atoms. The summed E-state index contributed by atoms with van der Waals surface area (Å²) in [6.07, 6.45) is 6.34. The van der Waals surface area contributed by atoms with Gasteiger partial charge in [0, 0.05) is 0 Å². The van der Waals surface area contributed by atoms with E-state index >= 15 is 0 Å². The summed E-state index contributed by atoms with van der Waals surface area (Å²) in [4.78, 5) is 0. The summed E-state index contributed by atoms with van der Waals surface area (Å²) in [6, 6.07) is 22.4. The van der Waals surface area contributed by atoms with Crippen molar-refractivity contribution in [3.8, 4) is 0 Å². The topological polar surface area (TPSA) is 0 Å². The van der Waals surface area contributed by atoms with Crippen LogP contribution in [0.25, 0.3) is 0 Å². The number of benzene rings is 2. The highest BCUT2D eigenvalue weighted by Crippen LogP contribution is 2.57. The summed E-state index contributed by atoms with van der Waals surface area (Å²) >= 11 is 0. The Balaban J connectivity index is 1.80. The van der Waals surface area contributed by atoms with E-state index in [0.29, 0.717) is 0 Å². The summed E-state index contributed by atoms with van der Waals surface area (Å²) in [7, 11) is -0.257. The van der Waals surface area contributed by atoms with E-state index in [-0.39, 0.29) is 7.92 Å². The fourth-order valence-corrected chi connectivity index (χ4v) is 7.41. The molecule has 0 radical (unpaired) electrons. The quantitative estimate of drug-likeness (QED) is 0.583. The molecule has 4 rings (SSSR count). The molecule has 21 heavy (non-hydrogen) atoms. The summed E-state index contributed by atoms with van der Waals surface area (Å²) in [5.41, 5.74) is 0.805. The van der Waals surface area contributed by atoms with Crippen LogP contribution in [-0.2, 0) is 0 Å². The molecular weight excluding hydrogens is 271 g/mol. The van der Waals surface area contributed by atoms with Gasteiger partial charge in [0.25, 0.3) is 0 Å². The van der Waals surface area contributed by atoms with Crippen molar-refractivity contribution in [3.05, 3.63) is 72.8 Å². The van der Waals surface area contributed by atoms with Crippen LogP contribution in [0, 0.1) is 17.8 Å². The molecule has 0 spiro atoms. The van der Waals surface area contributed by atoms with Gasteiger partial charge in [-0.25, -0.2) is 0 Å². The van der Waals surface area contributed by atoms with Crippen molar-refractivity contribution >= 4 is 18.5 Å². The van der Waals surface area contributed by atoms with Crippen molar-refractivity contribution in [2.75, 3.05) is 0 Å². The normalized spacial score (nSPS) is 30.2. The minimum absolute atomic E-state index is 0.257. The molecule has 2 aromatic rings. The predicted molar refractivity (Wildman–Crippen MR) is 92.8 cm³/mol. The van der Waals surface area contributed by atoms with Gasteiger partial charge in [-0.1, -0.05) is 79.7 Å². The molecular formula is C20H21P. The molecule has 2 aromatic carbocycles. The van der Waals surface area contributed by atoms with Crippen LogP contribution >= 0.6 is 7.92 Å². The molecule has 0 aromatic heterocycles. The smallest absolute Gasteiger partial charge is 0.00344 e. The van der Waals surface area contributed by atoms with E-state index < -0.39 is 0 Å². The van der Waals surface area contributed by atoms with Crippen LogP contribution in [-0.4, -0.2) is 5.66 Å². The third-order valence-corrected chi connectivity index (χ3v) is 8.33. The Bertz CT molecular complexity index is 592. The number of hydrogen-bond donors (Lipinski definition) is 0. The van der Waals surface area contributed by atoms with Crippen LogP contribution in [0.15, 0.2) is 72.8 Å². The summed E-state index contributed by atoms with van der Waals surface area (Å²) in [5, 5.41) is 3.08. The molecule has 2 aliphatic rings. The minimum atomic E-state index is -0.257. The SMILES string of the molecule is C[C@@H]1C2C=CC(C2)[C@H]1P(c1ccccc1)c1ccccc1. The van der Waals surface area contributed by atoms with Crippen molar-refractivity contribution in [2.45, 2.75) is 19.0 Å². The van der Waals surface area contributed by atoms with E-state index in [4.69, 9.17) is 0 Å². The summed E-state index contributed by atoms with van der Waals surface area (Å²) in [6.45, 7) is 2.47. The number of rotatable bonds is 3. The lowest BCUT2D eigenvalue weighted by atomic mass is 9.95. The maximum Gasteiger partial charge on any atom is -0.00344 e. The Labute approximate surface area is 128 Å². The Morgan fingerprint density at radius 3 is 1.76 bits per heavy atom. The maximum absolute atomic E-state index is 2.50. The lowest BCUT2D eigenvalue weighted by Gasteiger charge is -2.34. The molecule has 1 heteroatoms. The van der Waals surface area contributed by atoms with E-state index in [1.807, 2.05) is 0 Å². The van der Waals surface area contributed by atoms with Crippen molar-refractivity contribution in [2.24, 2.45) is 17.8 Å². The zero-order valence-electron chi connectivity index (χ0n) is 12.4. The van der Waals surface area contributed by atoms with Crippen LogP contribution in [0.1, 0.15) is 13.3 Å². The van der Waals surface area contributed by atoms with Crippen molar-refractivity contribution in [1.29, 1.82) is 0 Å². The van der Waals surface area contributed by atoms with Crippen molar-refractivity contribution in [3.63, 3.8) is 0 Å². The lowest BCUT2D eigenvalue weighted by Crippen LogP contribution is -2.29. The second-order valence-corrected chi connectivity index (χ2v) is 8.71. The fraction of sp³-hybridized carbons (Fsp3) is 0.300. The van der Waals surface area contributed by atoms with Crippen molar-refractivity contribution < 1.29 is 0 Å². The largest absolute Gasteiger partial charge is 0.0848 e. The second-order valence-electron chi connectivity index (χ2n) is 6.34. The Kier molecular flexibility index (Phi) is 3.43. The number of allylic oxidation sites excluding steroid dienone is 2. The fourth-order valence-electron chi connectivity index (χ4n) is 4.14. The predicted octanol–water partition coefficient (Wildman–Crippen LogP) is 4.33. The number of hydrogen-bond acceptors (Lipinski definition) is 0. The van der Waals surface area contributed by atoms with Gasteiger partial charge in [-0.15, -0.1) is 0 Å². The molecule has 0 N–H and O–H groups in total. The van der Waals surface area contributed by atoms with Crippen LogP contribution in [0.2, 0.25) is 0 Å². The molecule has 1 fully saturated rings. The third kappa shape index (κ3) is 2.27. The third-order valence-electron chi connectivity index (χ3n) is 5.17. The average Bonchev–Trinajstić information content (AvgIpc) is 3.13.